The van der Waals surface area contributed by atoms with Gasteiger partial charge in [-0.25, -0.2) is 0 Å². The van der Waals surface area contributed by atoms with Gasteiger partial charge in [0.15, 0.2) is 0 Å². The number of likely N-dealkylation sites (tertiary alicyclic amines) is 1. The molecule has 1 N–H and O–H groups in total. The standard InChI is InChI=1S/C15H22N2/c1-12-6-5-7-13-10-16-11-14(15(12)13)17-8-3-2-4-9-17/h5-7,14,16H,2-4,8-11H2,1H3/t14-/m0/s1. The van der Waals surface area contributed by atoms with Crippen LogP contribution in [0.15, 0.2) is 18.2 Å². The van der Waals surface area contributed by atoms with E-state index < -0.39 is 0 Å². The normalized spacial score (nSPS) is 25.6. The van der Waals surface area contributed by atoms with E-state index in [1.807, 2.05) is 0 Å². The Morgan fingerprint density at radius 1 is 1.18 bits per heavy atom. The van der Waals surface area contributed by atoms with Crippen molar-refractivity contribution in [1.82, 2.24) is 10.2 Å². The third-order valence-electron chi connectivity index (χ3n) is 4.23. The summed E-state index contributed by atoms with van der Waals surface area (Å²) in [6.07, 6.45) is 4.16. The molecule has 0 aromatic heterocycles. The lowest BCUT2D eigenvalue weighted by atomic mass is 9.90. The van der Waals surface area contributed by atoms with Gasteiger partial charge in [-0.15, -0.1) is 0 Å². The molecule has 2 heteroatoms. The van der Waals surface area contributed by atoms with Crippen LogP contribution in [0.5, 0.6) is 0 Å². The molecule has 0 bridgehead atoms. The fourth-order valence-electron chi connectivity index (χ4n) is 3.36. The molecule has 0 spiro atoms. The van der Waals surface area contributed by atoms with Crippen LogP contribution in [0.4, 0.5) is 0 Å². The van der Waals surface area contributed by atoms with Crippen molar-refractivity contribution in [2.45, 2.75) is 38.8 Å². The lowest BCUT2D eigenvalue weighted by Gasteiger charge is -2.39. The molecule has 2 heterocycles. The Morgan fingerprint density at radius 2 is 2.00 bits per heavy atom. The molecule has 17 heavy (non-hydrogen) atoms. The average molecular weight is 230 g/mol. The minimum Gasteiger partial charge on any atom is -0.311 e. The Kier molecular flexibility index (Phi) is 3.17. The summed E-state index contributed by atoms with van der Waals surface area (Å²) in [5.74, 6) is 0. The van der Waals surface area contributed by atoms with Crippen molar-refractivity contribution in [3.63, 3.8) is 0 Å². The second-order valence-corrected chi connectivity index (χ2v) is 5.39. The summed E-state index contributed by atoms with van der Waals surface area (Å²) >= 11 is 0. The zero-order chi connectivity index (χ0) is 11.7. The first-order valence-electron chi connectivity index (χ1n) is 6.89. The number of rotatable bonds is 1. The highest BCUT2D eigenvalue weighted by Gasteiger charge is 2.27. The first-order chi connectivity index (χ1) is 8.36. The van der Waals surface area contributed by atoms with Crippen LogP contribution in [0, 0.1) is 6.92 Å². The molecule has 1 aromatic rings. The molecule has 0 radical (unpaired) electrons. The Morgan fingerprint density at radius 3 is 2.82 bits per heavy atom. The van der Waals surface area contributed by atoms with Crippen LogP contribution in [0.25, 0.3) is 0 Å². The summed E-state index contributed by atoms with van der Waals surface area (Å²) in [5, 5.41) is 3.57. The van der Waals surface area contributed by atoms with E-state index in [9.17, 15) is 0 Å². The van der Waals surface area contributed by atoms with Crippen molar-refractivity contribution in [3.05, 3.63) is 34.9 Å². The molecule has 1 atom stereocenters. The van der Waals surface area contributed by atoms with Gasteiger partial charge >= 0.3 is 0 Å². The van der Waals surface area contributed by atoms with Gasteiger partial charge in [-0.05, 0) is 49.5 Å². The Bertz CT molecular complexity index is 394. The first-order valence-corrected chi connectivity index (χ1v) is 6.89. The van der Waals surface area contributed by atoms with Crippen molar-refractivity contribution >= 4 is 0 Å². The number of fused-ring (bicyclic) bond motifs is 1. The molecular weight excluding hydrogens is 208 g/mol. The zero-order valence-electron chi connectivity index (χ0n) is 10.7. The van der Waals surface area contributed by atoms with E-state index in [2.05, 4.69) is 35.3 Å². The Labute approximate surface area is 104 Å². The van der Waals surface area contributed by atoms with Crippen molar-refractivity contribution in [2.75, 3.05) is 19.6 Å². The monoisotopic (exact) mass is 230 g/mol. The second kappa shape index (κ2) is 4.79. The molecule has 92 valence electrons. The van der Waals surface area contributed by atoms with Crippen LogP contribution >= 0.6 is 0 Å². The van der Waals surface area contributed by atoms with Crippen molar-refractivity contribution < 1.29 is 0 Å². The second-order valence-electron chi connectivity index (χ2n) is 5.39. The van der Waals surface area contributed by atoms with Gasteiger partial charge in [-0.2, -0.15) is 0 Å². The van der Waals surface area contributed by atoms with E-state index in [4.69, 9.17) is 0 Å². The maximum absolute atomic E-state index is 3.57. The molecule has 0 amide bonds. The van der Waals surface area contributed by atoms with E-state index in [1.54, 1.807) is 5.56 Å². The minimum atomic E-state index is 0.611. The number of nitrogens with one attached hydrogen (secondary N) is 1. The fourth-order valence-corrected chi connectivity index (χ4v) is 3.36. The van der Waals surface area contributed by atoms with Gasteiger partial charge in [0.1, 0.15) is 0 Å². The highest BCUT2D eigenvalue weighted by molar-refractivity contribution is 5.38. The molecule has 1 saturated heterocycles. The predicted octanol–water partition coefficient (Wildman–Crippen LogP) is 2.63. The third kappa shape index (κ3) is 2.12. The van der Waals surface area contributed by atoms with Crippen LogP contribution in [-0.2, 0) is 6.54 Å². The minimum absolute atomic E-state index is 0.611. The van der Waals surface area contributed by atoms with Crippen molar-refractivity contribution in [1.29, 1.82) is 0 Å². The van der Waals surface area contributed by atoms with Crippen LogP contribution in [0.3, 0.4) is 0 Å². The van der Waals surface area contributed by atoms with Crippen LogP contribution in [-0.4, -0.2) is 24.5 Å². The molecule has 2 nitrogen and oxygen atoms in total. The molecule has 0 aliphatic carbocycles. The molecule has 2 aliphatic heterocycles. The van der Waals surface area contributed by atoms with E-state index in [-0.39, 0.29) is 0 Å². The van der Waals surface area contributed by atoms with Gasteiger partial charge in [0, 0.05) is 19.1 Å². The lowest BCUT2D eigenvalue weighted by molar-refractivity contribution is 0.154. The van der Waals surface area contributed by atoms with E-state index in [0.29, 0.717) is 6.04 Å². The van der Waals surface area contributed by atoms with Crippen molar-refractivity contribution in [3.8, 4) is 0 Å². The fraction of sp³-hybridized carbons (Fsp3) is 0.600. The predicted molar refractivity (Wildman–Crippen MR) is 71.1 cm³/mol. The van der Waals surface area contributed by atoms with Gasteiger partial charge in [-0.1, -0.05) is 24.6 Å². The number of hydrogen-bond acceptors (Lipinski definition) is 2. The largest absolute Gasteiger partial charge is 0.311 e. The summed E-state index contributed by atoms with van der Waals surface area (Å²) in [4.78, 5) is 2.68. The topological polar surface area (TPSA) is 15.3 Å². The Hall–Kier alpha value is -0.860. The van der Waals surface area contributed by atoms with Gasteiger partial charge in [0.05, 0.1) is 0 Å². The molecule has 3 rings (SSSR count). The number of piperidine rings is 1. The van der Waals surface area contributed by atoms with E-state index in [0.717, 1.165) is 13.1 Å². The van der Waals surface area contributed by atoms with Gasteiger partial charge in [0.2, 0.25) is 0 Å². The van der Waals surface area contributed by atoms with Crippen LogP contribution < -0.4 is 5.32 Å². The summed E-state index contributed by atoms with van der Waals surface area (Å²) < 4.78 is 0. The highest BCUT2D eigenvalue weighted by Crippen LogP contribution is 2.31. The Balaban J connectivity index is 1.92. The summed E-state index contributed by atoms with van der Waals surface area (Å²) in [6.45, 7) is 6.99. The molecule has 2 aliphatic rings. The highest BCUT2D eigenvalue weighted by atomic mass is 15.2. The maximum atomic E-state index is 3.57. The molecular formula is C15H22N2. The summed E-state index contributed by atoms with van der Waals surface area (Å²) in [7, 11) is 0. The quantitative estimate of drug-likeness (QED) is 0.798. The first kappa shape index (κ1) is 11.2. The lowest BCUT2D eigenvalue weighted by Crippen LogP contribution is -2.42. The number of aryl methyl sites for hydroxylation is 1. The molecule has 1 fully saturated rings. The molecule has 0 saturated carbocycles. The summed E-state index contributed by atoms with van der Waals surface area (Å²) in [6, 6.07) is 7.35. The van der Waals surface area contributed by atoms with Crippen molar-refractivity contribution in [2.24, 2.45) is 0 Å². The zero-order valence-corrected chi connectivity index (χ0v) is 10.7. The smallest absolute Gasteiger partial charge is 0.0478 e. The SMILES string of the molecule is Cc1cccc2c1[C@@H](N1CCCCC1)CNC2. The number of benzene rings is 1. The van der Waals surface area contributed by atoms with Crippen LogP contribution in [0.2, 0.25) is 0 Å². The van der Waals surface area contributed by atoms with E-state index >= 15 is 0 Å². The third-order valence-corrected chi connectivity index (χ3v) is 4.23. The van der Waals surface area contributed by atoms with Gasteiger partial charge < -0.3 is 5.32 Å². The number of hydrogen-bond donors (Lipinski definition) is 1. The molecule has 1 aromatic carbocycles. The number of nitrogens with zero attached hydrogens (tertiary/aromatic N) is 1. The van der Waals surface area contributed by atoms with Crippen LogP contribution in [0.1, 0.15) is 42.0 Å². The van der Waals surface area contributed by atoms with Gasteiger partial charge in [-0.3, -0.25) is 4.90 Å². The summed E-state index contributed by atoms with van der Waals surface area (Å²) in [5.41, 5.74) is 4.58. The maximum Gasteiger partial charge on any atom is 0.0478 e. The molecule has 0 unspecified atom stereocenters. The average Bonchev–Trinajstić information content (AvgIpc) is 2.39. The van der Waals surface area contributed by atoms with Gasteiger partial charge in [0.25, 0.3) is 0 Å². The van der Waals surface area contributed by atoms with E-state index in [1.165, 1.54) is 43.5 Å².